The van der Waals surface area contributed by atoms with Gasteiger partial charge in [-0.05, 0) is 48.1 Å². The molecule has 1 heterocycles. The molecule has 3 rings (SSSR count). The first-order valence-electron chi connectivity index (χ1n) is 8.08. The molecule has 0 aliphatic carbocycles. The maximum atomic E-state index is 4.75. The predicted molar refractivity (Wildman–Crippen MR) is 93.3 cm³/mol. The average Bonchev–Trinajstić information content (AvgIpc) is 2.89. The monoisotopic (exact) mass is 292 g/mol. The Labute approximate surface area is 132 Å². The van der Waals surface area contributed by atoms with Crippen LogP contribution >= 0.6 is 0 Å². The van der Waals surface area contributed by atoms with Crippen molar-refractivity contribution >= 4 is 11.0 Å². The fourth-order valence-electron chi connectivity index (χ4n) is 2.92. The third-order valence-electron chi connectivity index (χ3n) is 4.19. The molecule has 0 saturated carbocycles. The Morgan fingerprint density at radius 1 is 1.00 bits per heavy atom. The summed E-state index contributed by atoms with van der Waals surface area (Å²) in [5.74, 6) is 2.01. The number of aryl methyl sites for hydroxylation is 1. The molecule has 2 nitrogen and oxygen atoms in total. The van der Waals surface area contributed by atoms with Crippen LogP contribution in [0.3, 0.4) is 0 Å². The van der Waals surface area contributed by atoms with Crippen molar-refractivity contribution in [2.75, 3.05) is 0 Å². The van der Waals surface area contributed by atoms with Crippen molar-refractivity contribution in [3.63, 3.8) is 0 Å². The Morgan fingerprint density at radius 2 is 1.73 bits per heavy atom. The standard InChI is InChI=1S/C20H24N2/c1-13(2)11-16-6-8-17(9-7-16)15(4)20-21-18-10-5-14(3)12-19(18)22-20/h5-10,12-13,15H,11H2,1-4H3,(H,21,22)/t15-/m0/s1. The van der Waals surface area contributed by atoms with E-state index in [1.165, 1.54) is 16.7 Å². The van der Waals surface area contributed by atoms with Crippen molar-refractivity contribution in [2.24, 2.45) is 5.92 Å². The minimum Gasteiger partial charge on any atom is -0.341 e. The van der Waals surface area contributed by atoms with Gasteiger partial charge in [0.2, 0.25) is 0 Å². The molecule has 0 aliphatic heterocycles. The Kier molecular flexibility index (Phi) is 4.02. The van der Waals surface area contributed by atoms with Crippen LogP contribution in [0.25, 0.3) is 11.0 Å². The van der Waals surface area contributed by atoms with Crippen LogP contribution in [0.5, 0.6) is 0 Å². The summed E-state index contributed by atoms with van der Waals surface area (Å²) >= 11 is 0. The van der Waals surface area contributed by atoms with Gasteiger partial charge in [0.15, 0.2) is 0 Å². The molecule has 0 spiro atoms. The summed E-state index contributed by atoms with van der Waals surface area (Å²) in [4.78, 5) is 8.22. The highest BCUT2D eigenvalue weighted by Gasteiger charge is 2.13. The Bertz CT molecular complexity index is 766. The zero-order valence-corrected chi connectivity index (χ0v) is 13.9. The highest BCUT2D eigenvalue weighted by atomic mass is 14.9. The third-order valence-corrected chi connectivity index (χ3v) is 4.19. The van der Waals surface area contributed by atoms with Crippen LogP contribution in [-0.4, -0.2) is 9.97 Å². The molecular formula is C20H24N2. The van der Waals surface area contributed by atoms with Crippen molar-refractivity contribution in [3.05, 3.63) is 65.0 Å². The maximum Gasteiger partial charge on any atom is 0.114 e. The van der Waals surface area contributed by atoms with Gasteiger partial charge in [0.25, 0.3) is 0 Å². The zero-order valence-electron chi connectivity index (χ0n) is 13.9. The molecule has 0 aliphatic rings. The number of nitrogens with one attached hydrogen (secondary N) is 1. The van der Waals surface area contributed by atoms with E-state index in [-0.39, 0.29) is 5.92 Å². The van der Waals surface area contributed by atoms with Crippen molar-refractivity contribution in [1.29, 1.82) is 0 Å². The second-order valence-corrected chi connectivity index (χ2v) is 6.70. The van der Waals surface area contributed by atoms with Gasteiger partial charge in [0.05, 0.1) is 11.0 Å². The number of aromatic amines is 1. The Hall–Kier alpha value is -2.09. The molecular weight excluding hydrogens is 268 g/mol. The second-order valence-electron chi connectivity index (χ2n) is 6.70. The van der Waals surface area contributed by atoms with E-state index in [9.17, 15) is 0 Å². The molecule has 114 valence electrons. The van der Waals surface area contributed by atoms with Gasteiger partial charge in [-0.2, -0.15) is 0 Å². The number of imidazole rings is 1. The van der Waals surface area contributed by atoms with E-state index in [0.717, 1.165) is 23.3 Å². The summed E-state index contributed by atoms with van der Waals surface area (Å²) < 4.78 is 0. The quantitative estimate of drug-likeness (QED) is 0.701. The summed E-state index contributed by atoms with van der Waals surface area (Å²) in [6, 6.07) is 15.3. The molecule has 2 heteroatoms. The number of rotatable bonds is 4. The zero-order chi connectivity index (χ0) is 15.7. The van der Waals surface area contributed by atoms with Crippen LogP contribution in [0.15, 0.2) is 42.5 Å². The lowest BCUT2D eigenvalue weighted by atomic mass is 9.96. The van der Waals surface area contributed by atoms with E-state index in [2.05, 4.69) is 75.1 Å². The Morgan fingerprint density at radius 3 is 2.41 bits per heavy atom. The molecule has 22 heavy (non-hydrogen) atoms. The SMILES string of the molecule is Cc1ccc2nc([C@@H](C)c3ccc(CC(C)C)cc3)[nH]c2c1. The van der Waals surface area contributed by atoms with Gasteiger partial charge in [0.1, 0.15) is 5.82 Å². The molecule has 3 aromatic rings. The van der Waals surface area contributed by atoms with Gasteiger partial charge in [-0.15, -0.1) is 0 Å². The number of benzene rings is 2. The predicted octanol–water partition coefficient (Wildman–Crippen LogP) is 5.22. The van der Waals surface area contributed by atoms with Crippen LogP contribution in [-0.2, 0) is 6.42 Å². The summed E-state index contributed by atoms with van der Waals surface area (Å²) in [7, 11) is 0. The van der Waals surface area contributed by atoms with E-state index < -0.39 is 0 Å². The minimum absolute atomic E-state index is 0.279. The molecule has 1 atom stereocenters. The van der Waals surface area contributed by atoms with Crippen LogP contribution in [0.2, 0.25) is 0 Å². The van der Waals surface area contributed by atoms with Gasteiger partial charge >= 0.3 is 0 Å². The molecule has 0 amide bonds. The molecule has 2 aromatic carbocycles. The van der Waals surface area contributed by atoms with E-state index >= 15 is 0 Å². The van der Waals surface area contributed by atoms with Gasteiger partial charge in [0, 0.05) is 5.92 Å². The van der Waals surface area contributed by atoms with Crippen molar-refractivity contribution in [1.82, 2.24) is 9.97 Å². The maximum absolute atomic E-state index is 4.75. The molecule has 0 unspecified atom stereocenters. The average molecular weight is 292 g/mol. The largest absolute Gasteiger partial charge is 0.341 e. The number of aromatic nitrogens is 2. The fourth-order valence-corrected chi connectivity index (χ4v) is 2.92. The number of hydrogen-bond acceptors (Lipinski definition) is 1. The van der Waals surface area contributed by atoms with Gasteiger partial charge in [-0.3, -0.25) is 0 Å². The number of fused-ring (bicyclic) bond motifs is 1. The van der Waals surface area contributed by atoms with E-state index in [0.29, 0.717) is 5.92 Å². The second kappa shape index (κ2) is 5.96. The van der Waals surface area contributed by atoms with Crippen LogP contribution in [0.4, 0.5) is 0 Å². The third kappa shape index (κ3) is 3.06. The lowest BCUT2D eigenvalue weighted by molar-refractivity contribution is 0.647. The van der Waals surface area contributed by atoms with Crippen molar-refractivity contribution in [3.8, 4) is 0 Å². The van der Waals surface area contributed by atoms with Crippen LogP contribution < -0.4 is 0 Å². The molecule has 0 fully saturated rings. The molecule has 0 saturated heterocycles. The van der Waals surface area contributed by atoms with Crippen LogP contribution in [0, 0.1) is 12.8 Å². The first-order valence-corrected chi connectivity index (χ1v) is 8.08. The van der Waals surface area contributed by atoms with Gasteiger partial charge in [-0.1, -0.05) is 51.1 Å². The minimum atomic E-state index is 0.279. The first-order chi connectivity index (χ1) is 10.5. The summed E-state index contributed by atoms with van der Waals surface area (Å²) in [6.45, 7) is 8.83. The van der Waals surface area contributed by atoms with Crippen LogP contribution in [0.1, 0.15) is 49.2 Å². The molecule has 1 aromatic heterocycles. The molecule has 0 radical (unpaired) electrons. The summed E-state index contributed by atoms with van der Waals surface area (Å²) in [5, 5.41) is 0. The first kappa shape index (κ1) is 14.8. The lowest BCUT2D eigenvalue weighted by Crippen LogP contribution is -1.99. The molecule has 1 N–H and O–H groups in total. The highest BCUT2D eigenvalue weighted by Crippen LogP contribution is 2.25. The normalized spacial score (nSPS) is 13.0. The van der Waals surface area contributed by atoms with Gasteiger partial charge < -0.3 is 4.98 Å². The van der Waals surface area contributed by atoms with E-state index in [1.54, 1.807) is 0 Å². The Balaban J connectivity index is 1.86. The highest BCUT2D eigenvalue weighted by molar-refractivity contribution is 5.76. The topological polar surface area (TPSA) is 28.7 Å². The van der Waals surface area contributed by atoms with Crippen molar-refractivity contribution < 1.29 is 0 Å². The van der Waals surface area contributed by atoms with Crippen molar-refractivity contribution in [2.45, 2.75) is 40.0 Å². The number of nitrogens with zero attached hydrogens (tertiary/aromatic N) is 1. The smallest absolute Gasteiger partial charge is 0.114 e. The summed E-state index contributed by atoms with van der Waals surface area (Å²) in [5.41, 5.74) is 6.14. The number of hydrogen-bond donors (Lipinski definition) is 1. The van der Waals surface area contributed by atoms with E-state index in [1.807, 2.05) is 0 Å². The number of H-pyrrole nitrogens is 1. The van der Waals surface area contributed by atoms with E-state index in [4.69, 9.17) is 4.98 Å². The summed E-state index contributed by atoms with van der Waals surface area (Å²) in [6.07, 6.45) is 1.14. The fraction of sp³-hybridized carbons (Fsp3) is 0.350. The lowest BCUT2D eigenvalue weighted by Gasteiger charge is -2.11. The molecule has 0 bridgehead atoms. The van der Waals surface area contributed by atoms with Gasteiger partial charge in [-0.25, -0.2) is 4.98 Å².